The molecule has 0 saturated heterocycles. The van der Waals surface area contributed by atoms with Crippen molar-refractivity contribution < 1.29 is 8.83 Å². The molecule has 5 aromatic carbocycles. The molecule has 3 heteroatoms. The zero-order valence-corrected chi connectivity index (χ0v) is 29.6. The third-order valence-corrected chi connectivity index (χ3v) is 8.78. The van der Waals surface area contributed by atoms with Crippen LogP contribution >= 0.6 is 0 Å². The van der Waals surface area contributed by atoms with Crippen LogP contribution in [0.1, 0.15) is 36.5 Å². The van der Waals surface area contributed by atoms with Gasteiger partial charge < -0.3 is 14.2 Å². The number of furan rings is 2. The van der Waals surface area contributed by atoms with E-state index in [-0.39, 0.29) is 0 Å². The molecule has 3 nitrogen and oxygen atoms in total. The van der Waals surface area contributed by atoms with Gasteiger partial charge in [-0.2, -0.15) is 0 Å². The second-order valence-electron chi connectivity index (χ2n) is 12.3. The lowest BCUT2D eigenvalue weighted by molar-refractivity contribution is 0.565. The highest BCUT2D eigenvalue weighted by Crippen LogP contribution is 2.31. The number of rotatable bonds is 11. The van der Waals surface area contributed by atoms with Crippen LogP contribution in [-0.4, -0.2) is 0 Å². The smallest absolute Gasteiger partial charge is 0.134 e. The van der Waals surface area contributed by atoms with Gasteiger partial charge in [-0.25, -0.2) is 0 Å². The summed E-state index contributed by atoms with van der Waals surface area (Å²) in [5.74, 6) is 1.80. The van der Waals surface area contributed by atoms with E-state index in [4.69, 9.17) is 8.83 Å². The van der Waals surface area contributed by atoms with Crippen LogP contribution in [0.5, 0.6) is 0 Å². The van der Waals surface area contributed by atoms with Crippen molar-refractivity contribution in [3.63, 3.8) is 0 Å². The molecule has 0 amide bonds. The van der Waals surface area contributed by atoms with E-state index in [1.807, 2.05) is 79.8 Å². The lowest BCUT2D eigenvalue weighted by atomic mass is 9.97. The van der Waals surface area contributed by atoms with Gasteiger partial charge in [0.25, 0.3) is 0 Å². The average molecular weight is 676 g/mol. The number of para-hydroxylation sites is 3. The maximum absolute atomic E-state index is 6.20. The molecule has 254 valence electrons. The second-order valence-corrected chi connectivity index (χ2v) is 12.3. The van der Waals surface area contributed by atoms with Crippen molar-refractivity contribution in [3.8, 4) is 24.0 Å². The number of hydrogen-bond acceptors (Lipinski definition) is 3. The predicted molar refractivity (Wildman–Crippen MR) is 222 cm³/mol. The Labute approximate surface area is 306 Å². The van der Waals surface area contributed by atoms with Crippen LogP contribution in [0, 0.1) is 12.8 Å². The first-order valence-electron chi connectivity index (χ1n) is 17.3. The number of hydrogen-bond donors (Lipinski definition) is 1. The Balaban J connectivity index is 0.00000228. The monoisotopic (exact) mass is 675 g/mol. The summed E-state index contributed by atoms with van der Waals surface area (Å²) in [6.07, 6.45) is 21.2. The number of fused-ring (bicyclic) bond motifs is 2. The van der Waals surface area contributed by atoms with Crippen molar-refractivity contribution in [1.29, 1.82) is 0 Å². The first-order chi connectivity index (χ1) is 25.5. The molecule has 0 atom stereocenters. The molecule has 1 N–H and O–H groups in total. The van der Waals surface area contributed by atoms with E-state index in [1.54, 1.807) is 0 Å². The normalized spacial score (nSPS) is 12.0. The summed E-state index contributed by atoms with van der Waals surface area (Å²) in [6.45, 7) is 8.38. The number of anilines is 2. The summed E-state index contributed by atoms with van der Waals surface area (Å²) in [5, 5.41) is 5.79. The Hall–Kier alpha value is -6.76. The largest absolute Gasteiger partial charge is 0.461 e. The Morgan fingerprint density at radius 2 is 1.33 bits per heavy atom. The number of allylic oxidation sites excluding steroid dienone is 9. The van der Waals surface area contributed by atoms with Gasteiger partial charge in [0.05, 0.1) is 0 Å². The molecule has 0 unspecified atom stereocenters. The molecule has 2 aromatic heterocycles. The highest BCUT2D eigenvalue weighted by molar-refractivity contribution is 5.87. The fourth-order valence-corrected chi connectivity index (χ4v) is 6.09. The molecule has 7 rings (SSSR count). The minimum Gasteiger partial charge on any atom is -0.461 e. The molecular formula is C49H41NO2. The van der Waals surface area contributed by atoms with E-state index in [1.165, 1.54) is 0 Å². The molecule has 0 saturated carbocycles. The van der Waals surface area contributed by atoms with Crippen molar-refractivity contribution in [1.82, 2.24) is 0 Å². The van der Waals surface area contributed by atoms with Gasteiger partial charge in [0.1, 0.15) is 22.7 Å². The van der Waals surface area contributed by atoms with Gasteiger partial charge in [0, 0.05) is 34.1 Å². The van der Waals surface area contributed by atoms with Gasteiger partial charge in [0.15, 0.2) is 0 Å². The number of benzene rings is 5. The fraction of sp³-hybridized carbons (Fsp3) is 0.0612. The molecule has 0 spiro atoms. The summed E-state index contributed by atoms with van der Waals surface area (Å²) in [7, 11) is 0. The van der Waals surface area contributed by atoms with Crippen LogP contribution in [0.2, 0.25) is 0 Å². The van der Waals surface area contributed by atoms with Crippen LogP contribution in [0.25, 0.3) is 49.8 Å². The Kier molecular flexibility index (Phi) is 11.3. The van der Waals surface area contributed by atoms with Crippen molar-refractivity contribution in [3.05, 3.63) is 199 Å². The van der Waals surface area contributed by atoms with Crippen LogP contribution in [0.15, 0.2) is 185 Å². The molecule has 0 aliphatic rings. The highest BCUT2D eigenvalue weighted by Gasteiger charge is 2.10. The summed E-state index contributed by atoms with van der Waals surface area (Å²) < 4.78 is 12.3. The third kappa shape index (κ3) is 8.33. The highest BCUT2D eigenvalue weighted by atomic mass is 16.3. The molecule has 0 bridgehead atoms. The minimum absolute atomic E-state index is 0.673. The van der Waals surface area contributed by atoms with Crippen molar-refractivity contribution in [2.45, 2.75) is 20.3 Å². The van der Waals surface area contributed by atoms with Gasteiger partial charge in [-0.05, 0) is 95.8 Å². The molecule has 0 radical (unpaired) electrons. The Morgan fingerprint density at radius 3 is 2.00 bits per heavy atom. The fourth-order valence-electron chi connectivity index (χ4n) is 6.09. The zero-order valence-electron chi connectivity index (χ0n) is 29.6. The average Bonchev–Trinajstić information content (AvgIpc) is 3.82. The molecule has 0 aliphatic carbocycles. The Morgan fingerprint density at radius 1 is 0.712 bits per heavy atom. The molecular weight excluding hydrogens is 635 g/mol. The lowest BCUT2D eigenvalue weighted by Crippen LogP contribution is -1.94. The van der Waals surface area contributed by atoms with E-state index < -0.39 is 0 Å². The molecule has 0 fully saturated rings. The Bertz CT molecular complexity index is 2370. The quantitative estimate of drug-likeness (QED) is 0.110. The SMILES string of the molecule is C#C.C=C(/C=C\C=C/C)c1ccccc1Nc1ccc(-c2ccc(C(=C/Cc3cc4ccccc4o3)/C=C(\C)c3cc4ccccc4o3)cc2)cc1. The first-order valence-corrected chi connectivity index (χ1v) is 17.3. The van der Waals surface area contributed by atoms with Crippen LogP contribution in [0.3, 0.4) is 0 Å². The van der Waals surface area contributed by atoms with Crippen LogP contribution in [-0.2, 0) is 6.42 Å². The van der Waals surface area contributed by atoms with Crippen molar-refractivity contribution in [2.24, 2.45) is 0 Å². The number of nitrogens with one attached hydrogen (secondary N) is 1. The van der Waals surface area contributed by atoms with Gasteiger partial charge in [-0.3, -0.25) is 0 Å². The van der Waals surface area contributed by atoms with E-state index in [2.05, 4.69) is 129 Å². The van der Waals surface area contributed by atoms with Gasteiger partial charge >= 0.3 is 0 Å². The van der Waals surface area contributed by atoms with Gasteiger partial charge in [0.2, 0.25) is 0 Å². The van der Waals surface area contributed by atoms with E-state index in [0.29, 0.717) is 6.42 Å². The van der Waals surface area contributed by atoms with E-state index >= 15 is 0 Å². The first kappa shape index (κ1) is 35.1. The second kappa shape index (κ2) is 16.8. The molecule has 7 aromatic rings. The summed E-state index contributed by atoms with van der Waals surface area (Å²) >= 11 is 0. The topological polar surface area (TPSA) is 38.3 Å². The van der Waals surface area contributed by atoms with Gasteiger partial charge in [-0.15, -0.1) is 12.8 Å². The number of terminal acetylenes is 1. The van der Waals surface area contributed by atoms with Crippen LogP contribution < -0.4 is 5.32 Å². The standard InChI is InChI=1S/C47H39NO2.C2H2/c1-4-5-6-13-33(2)43-16-9-10-17-44(43)48-41-27-24-36(25-28-41)35-20-22-37(23-21-35)38(26-29-42-31-39-14-7-11-18-45(39)49-42)30-34(3)47-32-40-15-8-12-19-46(40)50-47;1-2/h4-28,30-32,48H,2,29H2,1,3H3;1-2H/b5-4-,13-6-,34-30+,38-26+;. The van der Waals surface area contributed by atoms with Crippen molar-refractivity contribution in [2.75, 3.05) is 5.32 Å². The molecule has 52 heavy (non-hydrogen) atoms. The summed E-state index contributed by atoms with van der Waals surface area (Å²) in [5.41, 5.74) is 11.5. The van der Waals surface area contributed by atoms with Crippen LogP contribution in [0.4, 0.5) is 11.4 Å². The maximum atomic E-state index is 6.20. The lowest BCUT2D eigenvalue weighted by Gasteiger charge is -2.13. The molecule has 0 aliphatic heterocycles. The molecule has 2 heterocycles. The summed E-state index contributed by atoms with van der Waals surface area (Å²) in [4.78, 5) is 0. The van der Waals surface area contributed by atoms with E-state index in [0.717, 1.165) is 83.8 Å². The predicted octanol–water partition coefficient (Wildman–Crippen LogP) is 13.7. The maximum Gasteiger partial charge on any atom is 0.134 e. The third-order valence-electron chi connectivity index (χ3n) is 8.78. The van der Waals surface area contributed by atoms with Gasteiger partial charge in [-0.1, -0.05) is 128 Å². The summed E-state index contributed by atoms with van der Waals surface area (Å²) in [6, 6.07) is 46.1. The zero-order chi connectivity index (χ0) is 36.3. The van der Waals surface area contributed by atoms with E-state index in [9.17, 15) is 0 Å². The van der Waals surface area contributed by atoms with Crippen molar-refractivity contribution >= 4 is 50.0 Å². The minimum atomic E-state index is 0.673.